The lowest BCUT2D eigenvalue weighted by molar-refractivity contribution is -0.137. The number of rotatable bonds is 3. The normalized spacial score (nSPS) is 13.1. The summed E-state index contributed by atoms with van der Waals surface area (Å²) in [6, 6.07) is 5.54. The summed E-state index contributed by atoms with van der Waals surface area (Å²) in [6.07, 6.45) is 5.57. The molecule has 0 radical (unpaired) electrons. The molecule has 0 atom stereocenters. The van der Waals surface area contributed by atoms with Crippen molar-refractivity contribution in [1.29, 1.82) is 0 Å². The number of carbonyl (C=O) groups is 2. The number of esters is 1. The van der Waals surface area contributed by atoms with Crippen LogP contribution in [0.15, 0.2) is 46.6 Å². The Morgan fingerprint density at radius 2 is 1.96 bits per heavy atom. The fourth-order valence-electron chi connectivity index (χ4n) is 2.51. The molecule has 1 aromatic carbocycles. The zero-order valence-corrected chi connectivity index (χ0v) is 16.9. The highest BCUT2D eigenvalue weighted by Crippen LogP contribution is 2.46. The van der Waals surface area contributed by atoms with Gasteiger partial charge in [-0.25, -0.2) is 24.5 Å². The molecule has 0 fully saturated rings. The Labute approximate surface area is 167 Å². The highest BCUT2D eigenvalue weighted by Gasteiger charge is 2.33. The number of aromatic nitrogens is 2. The lowest BCUT2D eigenvalue weighted by Crippen LogP contribution is -2.35. The molecule has 146 valence electrons. The first kappa shape index (κ1) is 19.9. The van der Waals surface area contributed by atoms with Crippen molar-refractivity contribution >= 4 is 41.4 Å². The summed E-state index contributed by atoms with van der Waals surface area (Å²) < 4.78 is 10.5. The van der Waals surface area contributed by atoms with Crippen LogP contribution in [-0.4, -0.2) is 34.2 Å². The number of anilines is 2. The van der Waals surface area contributed by atoms with Crippen molar-refractivity contribution in [2.24, 2.45) is 0 Å². The highest BCUT2D eigenvalue weighted by atomic mass is 32.2. The van der Waals surface area contributed by atoms with Gasteiger partial charge < -0.3 is 9.47 Å². The Morgan fingerprint density at radius 3 is 2.68 bits per heavy atom. The van der Waals surface area contributed by atoms with E-state index in [0.717, 1.165) is 10.5 Å². The first-order valence-electron chi connectivity index (χ1n) is 8.79. The fourth-order valence-corrected chi connectivity index (χ4v) is 3.46. The number of amides is 1. The van der Waals surface area contributed by atoms with Crippen molar-refractivity contribution in [2.45, 2.75) is 43.2 Å². The Bertz CT molecular complexity index is 937. The molecule has 0 saturated carbocycles. The van der Waals surface area contributed by atoms with Crippen molar-refractivity contribution in [3.63, 3.8) is 0 Å². The van der Waals surface area contributed by atoms with Gasteiger partial charge in [-0.05, 0) is 51.5 Å². The van der Waals surface area contributed by atoms with Crippen LogP contribution in [0.4, 0.5) is 16.3 Å². The van der Waals surface area contributed by atoms with E-state index in [0.29, 0.717) is 23.1 Å². The van der Waals surface area contributed by atoms with E-state index in [4.69, 9.17) is 9.47 Å². The molecule has 1 aliphatic heterocycles. The Balaban J connectivity index is 2.01. The Kier molecular flexibility index (Phi) is 5.69. The maximum atomic E-state index is 12.9. The number of nitrogens with zero attached hydrogens (tertiary/aromatic N) is 3. The molecule has 1 aliphatic rings. The maximum Gasteiger partial charge on any atom is 0.420 e. The summed E-state index contributed by atoms with van der Waals surface area (Å²) >= 11 is 1.42. The first-order chi connectivity index (χ1) is 13.3. The van der Waals surface area contributed by atoms with Gasteiger partial charge in [0.05, 0.1) is 12.3 Å². The zero-order valence-electron chi connectivity index (χ0n) is 16.1. The van der Waals surface area contributed by atoms with Gasteiger partial charge in [-0.2, -0.15) is 0 Å². The van der Waals surface area contributed by atoms with Gasteiger partial charge in [0, 0.05) is 23.4 Å². The summed E-state index contributed by atoms with van der Waals surface area (Å²) in [4.78, 5) is 35.4. The second kappa shape index (κ2) is 8.02. The van der Waals surface area contributed by atoms with Gasteiger partial charge in [-0.3, -0.25) is 0 Å². The molecular formula is C20H21N3O4S. The molecule has 0 spiro atoms. The van der Waals surface area contributed by atoms with Crippen molar-refractivity contribution in [3.05, 3.63) is 42.2 Å². The van der Waals surface area contributed by atoms with Crippen molar-refractivity contribution < 1.29 is 19.1 Å². The van der Waals surface area contributed by atoms with Crippen LogP contribution in [-0.2, 0) is 14.3 Å². The van der Waals surface area contributed by atoms with Gasteiger partial charge in [0.15, 0.2) is 5.82 Å². The van der Waals surface area contributed by atoms with E-state index < -0.39 is 17.7 Å². The van der Waals surface area contributed by atoms with Crippen molar-refractivity contribution in [3.8, 4) is 0 Å². The summed E-state index contributed by atoms with van der Waals surface area (Å²) in [7, 11) is 0. The van der Waals surface area contributed by atoms with E-state index in [-0.39, 0.29) is 0 Å². The topological polar surface area (TPSA) is 81.6 Å². The number of ether oxygens (including phenoxy) is 2. The van der Waals surface area contributed by atoms with Gasteiger partial charge >= 0.3 is 12.1 Å². The third kappa shape index (κ3) is 4.51. The molecular weight excluding hydrogens is 378 g/mol. The van der Waals surface area contributed by atoms with E-state index in [1.165, 1.54) is 28.9 Å². The minimum Gasteiger partial charge on any atom is -0.463 e. The van der Waals surface area contributed by atoms with Crippen LogP contribution >= 0.6 is 11.8 Å². The lowest BCUT2D eigenvalue weighted by Gasteiger charge is -2.31. The van der Waals surface area contributed by atoms with Crippen molar-refractivity contribution in [2.75, 3.05) is 11.5 Å². The Morgan fingerprint density at radius 1 is 1.21 bits per heavy atom. The molecule has 1 aromatic heterocycles. The summed E-state index contributed by atoms with van der Waals surface area (Å²) in [6.45, 7) is 7.48. The molecule has 0 unspecified atom stereocenters. The van der Waals surface area contributed by atoms with Crippen LogP contribution in [0.5, 0.6) is 0 Å². The molecule has 0 saturated heterocycles. The molecule has 0 aliphatic carbocycles. The van der Waals surface area contributed by atoms with Gasteiger partial charge in [0.2, 0.25) is 0 Å². The predicted octanol–water partition coefficient (Wildman–Crippen LogP) is 4.59. The molecule has 0 bridgehead atoms. The number of carbonyl (C=O) groups excluding carboxylic acids is 2. The summed E-state index contributed by atoms with van der Waals surface area (Å²) in [5.74, 6) is -0.00409. The average molecular weight is 399 g/mol. The van der Waals surface area contributed by atoms with Crippen LogP contribution in [0.25, 0.3) is 6.08 Å². The van der Waals surface area contributed by atoms with Crippen LogP contribution < -0.4 is 4.90 Å². The van der Waals surface area contributed by atoms with Crippen LogP contribution in [0, 0.1) is 0 Å². The second-order valence-electron chi connectivity index (χ2n) is 6.92. The van der Waals surface area contributed by atoms with Gasteiger partial charge in [-0.15, -0.1) is 0 Å². The van der Waals surface area contributed by atoms with E-state index in [1.807, 2.05) is 12.1 Å². The molecule has 3 rings (SSSR count). The molecule has 8 heteroatoms. The predicted molar refractivity (Wildman–Crippen MR) is 107 cm³/mol. The SMILES string of the molecule is CCOC(=O)C=Cc1ccc2c(c1)N(C(=O)OC(C)(C)C)c1nccnc1S2. The minimum atomic E-state index is -0.661. The number of hydrogen-bond donors (Lipinski definition) is 0. The van der Waals surface area contributed by atoms with Crippen LogP contribution in [0.3, 0.4) is 0 Å². The second-order valence-corrected chi connectivity index (χ2v) is 7.95. The largest absolute Gasteiger partial charge is 0.463 e. The maximum absolute atomic E-state index is 12.9. The minimum absolute atomic E-state index is 0.311. The fraction of sp³-hybridized carbons (Fsp3) is 0.300. The molecule has 0 N–H and O–H groups in total. The van der Waals surface area contributed by atoms with E-state index >= 15 is 0 Å². The summed E-state index contributed by atoms with van der Waals surface area (Å²) in [5, 5.41) is 0.621. The Hall–Kier alpha value is -2.87. The standard InChI is InChI=1S/C20H21N3O4S/c1-5-26-16(24)9-7-13-6-8-15-14(12-13)23(19(25)27-20(2,3)4)17-18(28-15)22-11-10-21-17/h6-12H,5H2,1-4H3. The van der Waals surface area contributed by atoms with Crippen LogP contribution in [0.2, 0.25) is 0 Å². The molecule has 1 amide bonds. The highest BCUT2D eigenvalue weighted by molar-refractivity contribution is 7.99. The van der Waals surface area contributed by atoms with Gasteiger partial charge in [-0.1, -0.05) is 17.8 Å². The van der Waals surface area contributed by atoms with Gasteiger partial charge in [0.25, 0.3) is 0 Å². The first-order valence-corrected chi connectivity index (χ1v) is 9.61. The molecule has 28 heavy (non-hydrogen) atoms. The molecule has 2 aromatic rings. The van der Waals surface area contributed by atoms with Gasteiger partial charge in [0.1, 0.15) is 10.6 Å². The van der Waals surface area contributed by atoms with Crippen molar-refractivity contribution in [1.82, 2.24) is 9.97 Å². The molecule has 7 nitrogen and oxygen atoms in total. The smallest absolute Gasteiger partial charge is 0.420 e. The number of fused-ring (bicyclic) bond motifs is 2. The number of benzene rings is 1. The van der Waals surface area contributed by atoms with E-state index in [2.05, 4.69) is 9.97 Å². The van der Waals surface area contributed by atoms with Crippen LogP contribution in [0.1, 0.15) is 33.3 Å². The quantitative estimate of drug-likeness (QED) is 0.551. The molecule has 2 heterocycles. The lowest BCUT2D eigenvalue weighted by atomic mass is 10.1. The van der Waals surface area contributed by atoms with E-state index in [9.17, 15) is 9.59 Å². The number of hydrogen-bond acceptors (Lipinski definition) is 7. The average Bonchev–Trinajstić information content (AvgIpc) is 2.63. The third-order valence-corrected chi connectivity index (χ3v) is 4.61. The summed E-state index contributed by atoms with van der Waals surface area (Å²) in [5.41, 5.74) is 0.706. The zero-order chi connectivity index (χ0) is 20.3. The monoisotopic (exact) mass is 399 g/mol. The third-order valence-electron chi connectivity index (χ3n) is 3.56. The van der Waals surface area contributed by atoms with E-state index in [1.54, 1.807) is 46.0 Å².